The summed E-state index contributed by atoms with van der Waals surface area (Å²) in [5.74, 6) is 0.438. The van der Waals surface area contributed by atoms with Crippen LogP contribution in [0.1, 0.15) is 21.9 Å². The topological polar surface area (TPSA) is 102 Å². The van der Waals surface area contributed by atoms with E-state index in [1.54, 1.807) is 28.0 Å². The van der Waals surface area contributed by atoms with Gasteiger partial charge in [0.1, 0.15) is 31.6 Å². The zero-order valence-corrected chi connectivity index (χ0v) is 15.7. The normalized spacial score (nSPS) is 16.8. The van der Waals surface area contributed by atoms with Crippen LogP contribution in [0.25, 0.3) is 0 Å². The summed E-state index contributed by atoms with van der Waals surface area (Å²) in [6.45, 7) is 1.64. The average molecular weight is 395 g/mol. The molecule has 3 aromatic rings. The third-order valence-electron chi connectivity index (χ3n) is 4.60. The van der Waals surface area contributed by atoms with Gasteiger partial charge in [0, 0.05) is 19.6 Å². The summed E-state index contributed by atoms with van der Waals surface area (Å²) in [6, 6.07) is 13.1. The zero-order valence-electron chi connectivity index (χ0n) is 15.7. The van der Waals surface area contributed by atoms with Gasteiger partial charge in [-0.1, -0.05) is 30.3 Å². The fraction of sp³-hybridized carbons (Fsp3) is 0.300. The first-order valence-corrected chi connectivity index (χ1v) is 9.30. The Balaban J connectivity index is 1.28. The van der Waals surface area contributed by atoms with Crippen LogP contribution in [-0.2, 0) is 22.6 Å². The van der Waals surface area contributed by atoms with Crippen LogP contribution in [0.15, 0.2) is 59.5 Å². The molecule has 1 aliphatic heterocycles. The highest BCUT2D eigenvalue weighted by Crippen LogP contribution is 2.12. The molecule has 150 valence electrons. The number of hydrogen-bond acceptors (Lipinski definition) is 6. The van der Waals surface area contributed by atoms with Crippen molar-refractivity contribution in [2.24, 2.45) is 0 Å². The van der Waals surface area contributed by atoms with Crippen molar-refractivity contribution in [1.29, 1.82) is 0 Å². The van der Waals surface area contributed by atoms with Gasteiger partial charge in [-0.3, -0.25) is 9.59 Å². The molecule has 3 heterocycles. The Bertz CT molecular complexity index is 954. The van der Waals surface area contributed by atoms with Crippen LogP contribution < -0.4 is 5.32 Å². The lowest BCUT2D eigenvalue weighted by Gasteiger charge is -2.32. The number of amides is 2. The molecule has 0 radical (unpaired) electrons. The number of rotatable bonds is 7. The first-order chi connectivity index (χ1) is 14.2. The molecule has 9 heteroatoms. The van der Waals surface area contributed by atoms with Crippen molar-refractivity contribution in [2.45, 2.75) is 19.2 Å². The minimum atomic E-state index is -0.329. The highest BCUT2D eigenvalue weighted by Gasteiger charge is 2.27. The fourth-order valence-corrected chi connectivity index (χ4v) is 3.11. The second-order valence-electron chi connectivity index (χ2n) is 6.76. The molecule has 1 N–H and O–H groups in total. The molecule has 1 fully saturated rings. The quantitative estimate of drug-likeness (QED) is 0.642. The molecular formula is C20H21N5O4. The number of nitrogens with zero attached hydrogens (tertiary/aromatic N) is 4. The van der Waals surface area contributed by atoms with E-state index in [9.17, 15) is 9.59 Å². The maximum atomic E-state index is 12.4. The molecule has 0 bridgehead atoms. The number of hydrogen-bond donors (Lipinski definition) is 1. The van der Waals surface area contributed by atoms with Crippen LogP contribution in [0.4, 0.5) is 0 Å². The molecule has 1 aliphatic rings. The summed E-state index contributed by atoms with van der Waals surface area (Å²) in [4.78, 5) is 30.1. The molecule has 2 amide bonds. The van der Waals surface area contributed by atoms with Gasteiger partial charge in [-0.25, -0.2) is 9.67 Å². The minimum absolute atomic E-state index is 0.0101. The van der Waals surface area contributed by atoms with Crippen molar-refractivity contribution in [3.63, 3.8) is 0 Å². The smallest absolute Gasteiger partial charge is 0.287 e. The monoisotopic (exact) mass is 395 g/mol. The molecule has 1 unspecified atom stereocenters. The third-order valence-corrected chi connectivity index (χ3v) is 4.60. The predicted octanol–water partition coefficient (Wildman–Crippen LogP) is 1.08. The van der Waals surface area contributed by atoms with E-state index in [1.807, 2.05) is 30.3 Å². The first-order valence-electron chi connectivity index (χ1n) is 9.30. The summed E-state index contributed by atoms with van der Waals surface area (Å²) >= 11 is 0. The Morgan fingerprint density at radius 3 is 2.83 bits per heavy atom. The van der Waals surface area contributed by atoms with Gasteiger partial charge in [-0.05, 0) is 17.7 Å². The molecule has 9 nitrogen and oxygen atoms in total. The Morgan fingerprint density at radius 1 is 1.17 bits per heavy atom. The van der Waals surface area contributed by atoms with E-state index in [4.69, 9.17) is 9.15 Å². The summed E-state index contributed by atoms with van der Waals surface area (Å²) in [5.41, 5.74) is 1.06. The molecule has 1 atom stereocenters. The van der Waals surface area contributed by atoms with Crippen molar-refractivity contribution < 1.29 is 18.7 Å². The number of aromatic nitrogens is 3. The van der Waals surface area contributed by atoms with Gasteiger partial charge in [0.05, 0.1) is 6.10 Å². The maximum Gasteiger partial charge on any atom is 0.287 e. The third kappa shape index (κ3) is 4.88. The van der Waals surface area contributed by atoms with E-state index >= 15 is 0 Å². The largest absolute Gasteiger partial charge is 0.454 e. The standard InChI is InChI=1S/C20H21N5O4/c26-19-12-28-17(10-24(19)9-15-4-2-1-3-5-15)8-22-20(27)18-7-6-16(29-18)11-25-14-21-13-23-25/h1-7,13-14,17H,8-12H2,(H,22,27). The van der Waals surface area contributed by atoms with Gasteiger partial charge in [0.25, 0.3) is 5.91 Å². The number of benzene rings is 1. The maximum absolute atomic E-state index is 12.4. The van der Waals surface area contributed by atoms with E-state index < -0.39 is 0 Å². The second-order valence-corrected chi connectivity index (χ2v) is 6.76. The van der Waals surface area contributed by atoms with Crippen molar-refractivity contribution in [3.8, 4) is 0 Å². The molecule has 29 heavy (non-hydrogen) atoms. The van der Waals surface area contributed by atoms with E-state index in [-0.39, 0.29) is 36.8 Å². The van der Waals surface area contributed by atoms with E-state index in [0.29, 0.717) is 25.4 Å². The van der Waals surface area contributed by atoms with Gasteiger partial charge in [0.15, 0.2) is 5.76 Å². The SMILES string of the molecule is O=C(NCC1CN(Cc2ccccc2)C(=O)CO1)c1ccc(Cn2cncn2)o1. The molecule has 2 aromatic heterocycles. The number of carbonyl (C=O) groups excluding carboxylic acids is 2. The highest BCUT2D eigenvalue weighted by atomic mass is 16.5. The van der Waals surface area contributed by atoms with Gasteiger partial charge < -0.3 is 19.4 Å². The first kappa shape index (κ1) is 18.9. The average Bonchev–Trinajstić information content (AvgIpc) is 3.42. The summed E-state index contributed by atoms with van der Waals surface area (Å²) < 4.78 is 12.7. The summed E-state index contributed by atoms with van der Waals surface area (Å²) in [5, 5.41) is 6.81. The highest BCUT2D eigenvalue weighted by molar-refractivity contribution is 5.91. The second kappa shape index (κ2) is 8.70. The molecule has 0 saturated carbocycles. The fourth-order valence-electron chi connectivity index (χ4n) is 3.11. The van der Waals surface area contributed by atoms with Crippen LogP contribution in [0.3, 0.4) is 0 Å². The van der Waals surface area contributed by atoms with Crippen molar-refractivity contribution >= 4 is 11.8 Å². The number of furan rings is 1. The number of morpholine rings is 1. The summed E-state index contributed by atoms with van der Waals surface area (Å²) in [6.07, 6.45) is 2.74. The minimum Gasteiger partial charge on any atom is -0.454 e. The van der Waals surface area contributed by atoms with E-state index in [2.05, 4.69) is 15.4 Å². The number of carbonyl (C=O) groups is 2. The molecule has 0 aliphatic carbocycles. The lowest BCUT2D eigenvalue weighted by atomic mass is 10.2. The van der Waals surface area contributed by atoms with Gasteiger partial charge in [-0.2, -0.15) is 5.10 Å². The molecule has 4 rings (SSSR count). The lowest BCUT2D eigenvalue weighted by molar-refractivity contribution is -0.149. The van der Waals surface area contributed by atoms with Crippen LogP contribution in [0.5, 0.6) is 0 Å². The van der Waals surface area contributed by atoms with Crippen molar-refractivity contribution in [3.05, 3.63) is 72.2 Å². The summed E-state index contributed by atoms with van der Waals surface area (Å²) in [7, 11) is 0. The van der Waals surface area contributed by atoms with E-state index in [0.717, 1.165) is 5.56 Å². The Morgan fingerprint density at radius 2 is 2.03 bits per heavy atom. The molecule has 1 saturated heterocycles. The number of ether oxygens (including phenoxy) is 1. The Hall–Kier alpha value is -3.46. The number of nitrogens with one attached hydrogen (secondary N) is 1. The zero-order chi connectivity index (χ0) is 20.1. The van der Waals surface area contributed by atoms with Crippen LogP contribution >= 0.6 is 0 Å². The van der Waals surface area contributed by atoms with Gasteiger partial charge in [-0.15, -0.1) is 0 Å². The van der Waals surface area contributed by atoms with Crippen LogP contribution in [0, 0.1) is 0 Å². The predicted molar refractivity (Wildman–Crippen MR) is 102 cm³/mol. The van der Waals surface area contributed by atoms with Crippen LogP contribution in [-0.4, -0.2) is 57.3 Å². The van der Waals surface area contributed by atoms with E-state index in [1.165, 1.54) is 6.33 Å². The van der Waals surface area contributed by atoms with Crippen LogP contribution in [0.2, 0.25) is 0 Å². The Labute approximate surface area is 167 Å². The van der Waals surface area contributed by atoms with Crippen molar-refractivity contribution in [1.82, 2.24) is 25.0 Å². The molecule has 0 spiro atoms. The molecule has 1 aromatic carbocycles. The lowest BCUT2D eigenvalue weighted by Crippen LogP contribution is -2.50. The Kier molecular flexibility index (Phi) is 5.66. The van der Waals surface area contributed by atoms with Gasteiger partial charge in [0.2, 0.25) is 5.91 Å². The van der Waals surface area contributed by atoms with Crippen molar-refractivity contribution in [2.75, 3.05) is 19.7 Å². The molecular weight excluding hydrogens is 374 g/mol. The van der Waals surface area contributed by atoms with Gasteiger partial charge >= 0.3 is 0 Å².